The van der Waals surface area contributed by atoms with Gasteiger partial charge in [0.1, 0.15) is 11.5 Å². The van der Waals surface area contributed by atoms with E-state index in [0.717, 1.165) is 23.5 Å². The minimum absolute atomic E-state index is 0.111. The number of aryl methyl sites for hydroxylation is 1. The third-order valence-electron chi connectivity index (χ3n) is 4.66. The summed E-state index contributed by atoms with van der Waals surface area (Å²) in [6, 6.07) is 5.28. The van der Waals surface area contributed by atoms with Crippen molar-refractivity contribution in [3.05, 3.63) is 50.9 Å². The van der Waals surface area contributed by atoms with Gasteiger partial charge in [0.25, 0.3) is 0 Å². The van der Waals surface area contributed by atoms with Gasteiger partial charge in [0, 0.05) is 17.5 Å². The van der Waals surface area contributed by atoms with E-state index in [0.29, 0.717) is 29.2 Å². The zero-order chi connectivity index (χ0) is 16.7. The molecule has 2 aliphatic rings. The fourth-order valence-corrected chi connectivity index (χ4v) is 4.11. The lowest BCUT2D eigenvalue weighted by Crippen LogP contribution is -2.18. The molecule has 3 heterocycles. The number of hydrogen-bond acceptors (Lipinski definition) is 5. The molecule has 1 fully saturated rings. The van der Waals surface area contributed by atoms with Crippen LogP contribution in [0.4, 0.5) is 0 Å². The maximum absolute atomic E-state index is 12.7. The Morgan fingerprint density at radius 3 is 2.79 bits per heavy atom. The van der Waals surface area contributed by atoms with E-state index in [1.165, 1.54) is 12.8 Å². The summed E-state index contributed by atoms with van der Waals surface area (Å²) in [5.41, 5.74) is 2.39. The van der Waals surface area contributed by atoms with Crippen molar-refractivity contribution in [1.29, 1.82) is 0 Å². The molecule has 0 unspecified atom stereocenters. The van der Waals surface area contributed by atoms with Crippen LogP contribution in [0.2, 0.25) is 0 Å². The van der Waals surface area contributed by atoms with Gasteiger partial charge in [-0.05, 0) is 62.0 Å². The second-order valence-corrected chi connectivity index (χ2v) is 7.28. The largest absolute Gasteiger partial charge is 0.507 e. The molecule has 1 aromatic heterocycles. The lowest BCUT2D eigenvalue weighted by Gasteiger charge is -2.17. The molecule has 0 spiro atoms. The normalized spacial score (nSPS) is 19.0. The molecule has 0 saturated carbocycles. The molecule has 0 radical (unpaired) electrons. The van der Waals surface area contributed by atoms with E-state index in [4.69, 9.17) is 4.74 Å². The molecule has 2 aliphatic heterocycles. The van der Waals surface area contributed by atoms with Crippen molar-refractivity contribution in [2.45, 2.75) is 26.3 Å². The summed E-state index contributed by atoms with van der Waals surface area (Å²) < 4.78 is 5.90. The van der Waals surface area contributed by atoms with Gasteiger partial charge in [-0.15, -0.1) is 11.3 Å². The smallest absolute Gasteiger partial charge is 0.232 e. The highest BCUT2D eigenvalue weighted by atomic mass is 32.1. The van der Waals surface area contributed by atoms with Crippen LogP contribution in [-0.2, 0) is 6.54 Å². The average molecular weight is 341 g/mol. The van der Waals surface area contributed by atoms with Gasteiger partial charge in [-0.2, -0.15) is 0 Å². The first-order chi connectivity index (χ1) is 11.6. The minimum atomic E-state index is -0.111. The Bertz CT molecular complexity index is 831. The number of benzene rings is 1. The molecule has 4 nitrogen and oxygen atoms in total. The summed E-state index contributed by atoms with van der Waals surface area (Å²) in [4.78, 5) is 16.0. The Balaban J connectivity index is 1.70. The molecule has 0 aliphatic carbocycles. The van der Waals surface area contributed by atoms with Gasteiger partial charge >= 0.3 is 0 Å². The van der Waals surface area contributed by atoms with Gasteiger partial charge in [-0.1, -0.05) is 0 Å². The van der Waals surface area contributed by atoms with Crippen LogP contribution in [0.1, 0.15) is 39.2 Å². The predicted molar refractivity (Wildman–Crippen MR) is 94.6 cm³/mol. The highest BCUT2D eigenvalue weighted by molar-refractivity contribution is 7.11. The zero-order valence-corrected chi connectivity index (χ0v) is 14.4. The fourth-order valence-electron chi connectivity index (χ4n) is 3.27. The number of fused-ring (bicyclic) bond motifs is 1. The van der Waals surface area contributed by atoms with Crippen molar-refractivity contribution in [3.8, 4) is 11.5 Å². The molecular weight excluding hydrogens is 322 g/mol. The molecule has 0 atom stereocenters. The predicted octanol–water partition coefficient (Wildman–Crippen LogP) is 3.97. The van der Waals surface area contributed by atoms with Crippen LogP contribution in [0.3, 0.4) is 0 Å². The lowest BCUT2D eigenvalue weighted by atomic mass is 10.0. The Hall–Kier alpha value is -2.11. The van der Waals surface area contributed by atoms with Crippen LogP contribution in [0.5, 0.6) is 11.5 Å². The summed E-state index contributed by atoms with van der Waals surface area (Å²) in [6.07, 6.45) is 4.16. The van der Waals surface area contributed by atoms with Crippen molar-refractivity contribution in [2.24, 2.45) is 0 Å². The Morgan fingerprint density at radius 2 is 2.08 bits per heavy atom. The van der Waals surface area contributed by atoms with E-state index >= 15 is 0 Å². The van der Waals surface area contributed by atoms with Crippen molar-refractivity contribution < 1.29 is 14.6 Å². The van der Waals surface area contributed by atoms with Crippen LogP contribution < -0.4 is 4.74 Å². The van der Waals surface area contributed by atoms with Crippen LogP contribution in [-0.4, -0.2) is 28.9 Å². The number of rotatable bonds is 3. The number of Topliss-reactive ketones (excluding diaryl/α,β-unsaturated/α-hetero) is 1. The van der Waals surface area contributed by atoms with E-state index in [9.17, 15) is 9.90 Å². The molecule has 24 heavy (non-hydrogen) atoms. The number of carbonyl (C=O) groups is 1. The molecule has 124 valence electrons. The maximum Gasteiger partial charge on any atom is 0.232 e. The van der Waals surface area contributed by atoms with Gasteiger partial charge in [-0.25, -0.2) is 0 Å². The van der Waals surface area contributed by atoms with E-state index in [2.05, 4.69) is 4.90 Å². The minimum Gasteiger partial charge on any atom is -0.507 e. The van der Waals surface area contributed by atoms with Gasteiger partial charge in [0.05, 0.1) is 11.1 Å². The summed E-state index contributed by atoms with van der Waals surface area (Å²) in [5, 5.41) is 12.3. The fraction of sp³-hybridized carbons (Fsp3) is 0.316. The molecule has 0 amide bonds. The first-order valence-corrected chi connectivity index (χ1v) is 9.07. The number of ketones is 1. The number of nitrogens with zero attached hydrogens (tertiary/aromatic N) is 1. The highest BCUT2D eigenvalue weighted by Crippen LogP contribution is 2.40. The topological polar surface area (TPSA) is 49.8 Å². The van der Waals surface area contributed by atoms with Gasteiger partial charge in [0.15, 0.2) is 5.76 Å². The highest BCUT2D eigenvalue weighted by Gasteiger charge is 2.32. The molecule has 5 heteroatoms. The Kier molecular flexibility index (Phi) is 3.90. The van der Waals surface area contributed by atoms with E-state index in [1.807, 2.05) is 18.4 Å². The number of ether oxygens (including phenoxy) is 1. The SMILES string of the molecule is Cc1ccsc1/C=C1/Oc2c(ccc(O)c2CN2CCCC2)C1=O. The van der Waals surface area contributed by atoms with Crippen LogP contribution in [0, 0.1) is 6.92 Å². The van der Waals surface area contributed by atoms with Crippen LogP contribution in [0.15, 0.2) is 29.3 Å². The number of phenolic OH excluding ortho intramolecular Hbond substituents is 1. The first kappa shape index (κ1) is 15.4. The number of aromatic hydroxyl groups is 1. The number of allylic oxidation sites excluding steroid dienone is 1. The van der Waals surface area contributed by atoms with Gasteiger partial charge in [-0.3, -0.25) is 9.69 Å². The van der Waals surface area contributed by atoms with Gasteiger partial charge < -0.3 is 9.84 Å². The number of thiophene rings is 1. The Labute approximate surface area is 145 Å². The Morgan fingerprint density at radius 1 is 1.29 bits per heavy atom. The average Bonchev–Trinajstić information content (AvgIpc) is 3.27. The van der Waals surface area contributed by atoms with Crippen molar-refractivity contribution in [3.63, 3.8) is 0 Å². The van der Waals surface area contributed by atoms with Crippen LogP contribution in [0.25, 0.3) is 6.08 Å². The van der Waals surface area contributed by atoms with E-state index in [-0.39, 0.29) is 11.5 Å². The molecule has 1 aromatic carbocycles. The van der Waals surface area contributed by atoms with E-state index < -0.39 is 0 Å². The third-order valence-corrected chi connectivity index (χ3v) is 5.63. The second kappa shape index (κ2) is 6.07. The standard InChI is InChI=1S/C19H19NO3S/c1-12-6-9-24-17(12)10-16-18(22)13-4-5-15(21)14(19(13)23-16)11-20-7-2-3-8-20/h4-6,9-10,21H,2-3,7-8,11H2,1H3/b16-10+. The van der Waals surface area contributed by atoms with Crippen LogP contribution >= 0.6 is 11.3 Å². The molecule has 0 bridgehead atoms. The monoisotopic (exact) mass is 341 g/mol. The second-order valence-electron chi connectivity index (χ2n) is 6.33. The number of likely N-dealkylation sites (tertiary alicyclic amines) is 1. The molecule has 1 N–H and O–H groups in total. The van der Waals surface area contributed by atoms with Crippen molar-refractivity contribution in [2.75, 3.05) is 13.1 Å². The number of phenols is 1. The molecular formula is C19H19NO3S. The van der Waals surface area contributed by atoms with Crippen molar-refractivity contribution in [1.82, 2.24) is 4.90 Å². The molecule has 4 rings (SSSR count). The summed E-state index contributed by atoms with van der Waals surface area (Å²) in [6.45, 7) is 4.68. The quantitative estimate of drug-likeness (QED) is 0.858. The van der Waals surface area contributed by atoms with Crippen molar-refractivity contribution >= 4 is 23.2 Å². The summed E-state index contributed by atoms with van der Waals surface area (Å²) in [7, 11) is 0. The summed E-state index contributed by atoms with van der Waals surface area (Å²) >= 11 is 1.58. The van der Waals surface area contributed by atoms with E-state index in [1.54, 1.807) is 29.5 Å². The molecule has 1 saturated heterocycles. The number of carbonyl (C=O) groups excluding carboxylic acids is 1. The maximum atomic E-state index is 12.7. The zero-order valence-electron chi connectivity index (χ0n) is 13.5. The third kappa shape index (κ3) is 2.64. The number of hydrogen-bond donors (Lipinski definition) is 1. The lowest BCUT2D eigenvalue weighted by molar-refractivity contribution is 0.101. The summed E-state index contributed by atoms with van der Waals surface area (Å²) in [5.74, 6) is 0.943. The molecule has 2 aromatic rings. The first-order valence-electron chi connectivity index (χ1n) is 8.19. The van der Waals surface area contributed by atoms with Gasteiger partial charge in [0.2, 0.25) is 5.78 Å².